The molecule has 0 amide bonds. The molecule has 3 heteroatoms. The molecule has 0 aromatic heterocycles. The monoisotopic (exact) mass is 361 g/mol. The summed E-state index contributed by atoms with van der Waals surface area (Å²) < 4.78 is 14.2. The van der Waals surface area contributed by atoms with Gasteiger partial charge >= 0.3 is 0 Å². The van der Waals surface area contributed by atoms with Gasteiger partial charge in [0.1, 0.15) is 0 Å². The highest BCUT2D eigenvalue weighted by molar-refractivity contribution is 7.76. The molecule has 0 saturated heterocycles. The molecule has 0 heterocycles. The molecular weight excluding hydrogens is 337 g/mol. The third-order valence-corrected chi connectivity index (χ3v) is 7.11. The van der Waals surface area contributed by atoms with Crippen LogP contribution in [0, 0.1) is 0 Å². The van der Waals surface area contributed by atoms with Crippen molar-refractivity contribution in [1.29, 1.82) is 0 Å². The number of hydrogen-bond acceptors (Lipinski definition) is 1. The summed E-state index contributed by atoms with van der Waals surface area (Å²) in [5, 5.41) is 5.17. The van der Waals surface area contributed by atoms with Crippen molar-refractivity contribution < 1.29 is 4.57 Å². The molecule has 1 N–H and O–H groups in total. The predicted octanol–water partition coefficient (Wildman–Crippen LogP) is 5.21. The number of benzene rings is 3. The number of rotatable bonds is 7. The average Bonchev–Trinajstić information content (AvgIpc) is 2.73. The maximum atomic E-state index is 14.2. The lowest BCUT2D eigenvalue weighted by Gasteiger charge is -2.27. The largest absolute Gasteiger partial charge is 0.297 e. The van der Waals surface area contributed by atoms with E-state index in [1.807, 2.05) is 91.9 Å². The smallest absolute Gasteiger partial charge is 0.205 e. The Morgan fingerprint density at radius 3 is 1.73 bits per heavy atom. The zero-order valence-corrected chi connectivity index (χ0v) is 15.8. The molecule has 3 rings (SSSR count). The van der Waals surface area contributed by atoms with Crippen LogP contribution in [0.4, 0.5) is 0 Å². The highest BCUT2D eigenvalue weighted by Crippen LogP contribution is 2.42. The summed E-state index contributed by atoms with van der Waals surface area (Å²) in [5.41, 5.74) is 1.14. The van der Waals surface area contributed by atoms with E-state index in [1.165, 1.54) is 0 Å². The van der Waals surface area contributed by atoms with Gasteiger partial charge in [-0.3, -0.25) is 9.65 Å². The summed E-state index contributed by atoms with van der Waals surface area (Å²) in [6.45, 7) is 2.01. The molecule has 0 fully saturated rings. The molecule has 0 bridgehead atoms. The molecule has 0 radical (unpaired) electrons. The zero-order chi connectivity index (χ0) is 18.2. The van der Waals surface area contributed by atoms with E-state index >= 15 is 0 Å². The van der Waals surface area contributed by atoms with E-state index in [1.54, 1.807) is 0 Å². The zero-order valence-electron chi connectivity index (χ0n) is 15.0. The summed E-state index contributed by atoms with van der Waals surface area (Å²) >= 11 is 0. The van der Waals surface area contributed by atoms with Crippen molar-refractivity contribution in [1.82, 2.24) is 5.09 Å². The third-order valence-electron chi connectivity index (χ3n) is 4.39. The van der Waals surface area contributed by atoms with Gasteiger partial charge in [0, 0.05) is 16.7 Å². The van der Waals surface area contributed by atoms with Gasteiger partial charge in [-0.15, -0.1) is 0 Å². The van der Waals surface area contributed by atoms with Crippen molar-refractivity contribution in [2.24, 2.45) is 0 Å². The predicted molar refractivity (Wildman–Crippen MR) is 112 cm³/mol. The minimum Gasteiger partial charge on any atom is -0.297 e. The minimum absolute atomic E-state index is 0.0290. The number of nitrogens with one attached hydrogen (secondary N) is 1. The molecule has 132 valence electrons. The highest BCUT2D eigenvalue weighted by Gasteiger charge is 2.30. The van der Waals surface area contributed by atoms with E-state index in [-0.39, 0.29) is 6.04 Å². The van der Waals surface area contributed by atoms with Gasteiger partial charge in [-0.25, -0.2) is 0 Å². The van der Waals surface area contributed by atoms with Gasteiger partial charge < -0.3 is 0 Å². The molecule has 26 heavy (non-hydrogen) atoms. The van der Waals surface area contributed by atoms with Crippen molar-refractivity contribution in [2.45, 2.75) is 19.4 Å². The maximum absolute atomic E-state index is 14.2. The molecule has 2 nitrogen and oxygen atoms in total. The Balaban J connectivity index is 2.05. The fourth-order valence-corrected chi connectivity index (χ4v) is 5.49. The molecule has 3 aromatic carbocycles. The standard InChI is InChI=1S/C23H24NOP/c1-2-3-19-23(20-13-7-4-8-14-20)24-26(25,21-15-9-5-10-16-21)22-17-11-6-12-18-22/h2-18,23H,19H2,1H3,(H,24,25)/b3-2+. The van der Waals surface area contributed by atoms with Crippen LogP contribution in [0.15, 0.2) is 103 Å². The SMILES string of the molecule is C/C=C/CC(NP(=O)(c1ccccc1)c1ccccc1)c1ccccc1. The highest BCUT2D eigenvalue weighted by atomic mass is 31.2. The van der Waals surface area contributed by atoms with Gasteiger partial charge in [0.25, 0.3) is 0 Å². The first-order valence-electron chi connectivity index (χ1n) is 8.89. The van der Waals surface area contributed by atoms with Crippen molar-refractivity contribution in [3.8, 4) is 0 Å². The topological polar surface area (TPSA) is 29.1 Å². The number of hydrogen-bond donors (Lipinski definition) is 1. The quantitative estimate of drug-likeness (QED) is 0.462. The summed E-state index contributed by atoms with van der Waals surface area (Å²) in [4.78, 5) is 0. The molecule has 3 aromatic rings. The Morgan fingerprint density at radius 1 is 0.808 bits per heavy atom. The molecule has 0 aliphatic heterocycles. The van der Waals surface area contributed by atoms with Crippen LogP contribution in [0.3, 0.4) is 0 Å². The van der Waals surface area contributed by atoms with Crippen LogP contribution in [0.1, 0.15) is 24.9 Å². The molecule has 0 aliphatic rings. The second-order valence-corrected chi connectivity index (χ2v) is 8.69. The lowest BCUT2D eigenvalue weighted by Crippen LogP contribution is -2.30. The summed E-state index contributed by atoms with van der Waals surface area (Å²) in [5.74, 6) is 0. The van der Waals surface area contributed by atoms with E-state index < -0.39 is 7.29 Å². The second-order valence-electron chi connectivity index (χ2n) is 6.18. The minimum atomic E-state index is -2.97. The average molecular weight is 361 g/mol. The molecule has 0 aliphatic carbocycles. The lowest BCUT2D eigenvalue weighted by atomic mass is 10.0. The van der Waals surface area contributed by atoms with Crippen LogP contribution in [0.25, 0.3) is 0 Å². The molecular formula is C23H24NOP. The third kappa shape index (κ3) is 4.22. The van der Waals surface area contributed by atoms with E-state index in [2.05, 4.69) is 23.3 Å². The van der Waals surface area contributed by atoms with E-state index in [4.69, 9.17) is 0 Å². The van der Waals surface area contributed by atoms with Crippen LogP contribution in [-0.2, 0) is 4.57 Å². The summed E-state index contributed by atoms with van der Waals surface area (Å²) in [6, 6.07) is 29.6. The summed E-state index contributed by atoms with van der Waals surface area (Å²) in [7, 11) is -2.97. The first-order chi connectivity index (χ1) is 12.7. The Morgan fingerprint density at radius 2 is 1.27 bits per heavy atom. The lowest BCUT2D eigenvalue weighted by molar-refractivity contribution is 0.561. The van der Waals surface area contributed by atoms with Crippen molar-refractivity contribution in [3.63, 3.8) is 0 Å². The van der Waals surface area contributed by atoms with Crippen molar-refractivity contribution >= 4 is 17.9 Å². The first kappa shape index (κ1) is 18.4. The fraction of sp³-hybridized carbons (Fsp3) is 0.130. The van der Waals surface area contributed by atoms with Gasteiger partial charge in [0.05, 0.1) is 0 Å². The van der Waals surface area contributed by atoms with Gasteiger partial charge in [-0.2, -0.15) is 0 Å². The van der Waals surface area contributed by atoms with Crippen molar-refractivity contribution in [2.75, 3.05) is 0 Å². The van der Waals surface area contributed by atoms with Gasteiger partial charge in [0.15, 0.2) is 0 Å². The van der Waals surface area contributed by atoms with Crippen LogP contribution in [0.2, 0.25) is 0 Å². The molecule has 1 unspecified atom stereocenters. The molecule has 1 atom stereocenters. The number of allylic oxidation sites excluding steroid dienone is 1. The van der Waals surface area contributed by atoms with E-state index in [9.17, 15) is 4.57 Å². The van der Waals surface area contributed by atoms with Crippen molar-refractivity contribution in [3.05, 3.63) is 109 Å². The van der Waals surface area contributed by atoms with E-state index in [0.29, 0.717) is 0 Å². The van der Waals surface area contributed by atoms with Gasteiger partial charge in [-0.05, 0) is 43.2 Å². The van der Waals surface area contributed by atoms with Gasteiger partial charge in [-0.1, -0.05) is 78.9 Å². The summed E-state index contributed by atoms with van der Waals surface area (Å²) in [6.07, 6.45) is 4.93. The maximum Gasteiger partial charge on any atom is 0.205 e. The van der Waals surface area contributed by atoms with Crippen LogP contribution in [0.5, 0.6) is 0 Å². The Labute approximate surface area is 156 Å². The Kier molecular flexibility index (Phi) is 6.22. The van der Waals surface area contributed by atoms with E-state index in [0.717, 1.165) is 22.6 Å². The fourth-order valence-electron chi connectivity index (χ4n) is 3.01. The Bertz CT molecular complexity index is 832. The normalized spacial score (nSPS) is 13.0. The van der Waals surface area contributed by atoms with Crippen LogP contribution < -0.4 is 15.7 Å². The molecule has 0 saturated carbocycles. The Hall–Kier alpha value is -2.41. The van der Waals surface area contributed by atoms with Gasteiger partial charge in [0.2, 0.25) is 7.29 Å². The van der Waals surface area contributed by atoms with Crippen LogP contribution >= 0.6 is 7.29 Å². The second kappa shape index (κ2) is 8.80. The first-order valence-corrected chi connectivity index (χ1v) is 10.6. The van der Waals surface area contributed by atoms with Crippen LogP contribution in [-0.4, -0.2) is 0 Å². The molecule has 0 spiro atoms.